The van der Waals surface area contributed by atoms with E-state index >= 15 is 0 Å². The maximum Gasteiger partial charge on any atom is 0.319 e. The lowest BCUT2D eigenvalue weighted by atomic mass is 10.1. The number of nitrogens with zero attached hydrogens (tertiary/aromatic N) is 3. The Hall–Kier alpha value is -2.89. The van der Waals surface area contributed by atoms with Crippen LogP contribution in [0.3, 0.4) is 0 Å². The van der Waals surface area contributed by atoms with Gasteiger partial charge < -0.3 is 5.73 Å². The molecule has 0 unspecified atom stereocenters. The van der Waals surface area contributed by atoms with Crippen molar-refractivity contribution in [2.75, 3.05) is 18.0 Å². The van der Waals surface area contributed by atoms with Gasteiger partial charge in [0.2, 0.25) is 10.0 Å². The van der Waals surface area contributed by atoms with Crippen LogP contribution in [0.15, 0.2) is 54.6 Å². The summed E-state index contributed by atoms with van der Waals surface area (Å²) in [7, 11) is -3.34. The van der Waals surface area contributed by atoms with E-state index in [4.69, 9.17) is 5.73 Å². The molecule has 4 rings (SSSR count). The lowest BCUT2D eigenvalue weighted by molar-refractivity contribution is 0.251. The molecule has 0 bridgehead atoms. The van der Waals surface area contributed by atoms with Gasteiger partial charge in [-0.3, -0.25) is 4.90 Å². The molecule has 1 heterocycles. The number of benzene rings is 2. The highest BCUT2D eigenvalue weighted by Gasteiger charge is 2.32. The molecule has 186 valence electrons. The van der Waals surface area contributed by atoms with E-state index < -0.39 is 16.1 Å². The molecule has 2 amide bonds. The molecule has 2 fully saturated rings. The van der Waals surface area contributed by atoms with Gasteiger partial charge in [0.25, 0.3) is 6.04 Å². The van der Waals surface area contributed by atoms with E-state index in [9.17, 15) is 13.2 Å². The molecular formula is C27H35N4O3S+. The fourth-order valence-electron chi connectivity index (χ4n) is 5.05. The normalized spacial score (nSPS) is 18.3. The number of primary amides is 1. The number of nitrogens with two attached hydrogens (primary N) is 1. The summed E-state index contributed by atoms with van der Waals surface area (Å²) in [6.07, 6.45) is 7.90. The Morgan fingerprint density at radius 2 is 1.66 bits per heavy atom. The first kappa shape index (κ1) is 25.2. The molecule has 8 heteroatoms. The number of carbonyl (C=O) groups is 1. The van der Waals surface area contributed by atoms with Crippen LogP contribution in [0.2, 0.25) is 0 Å². The van der Waals surface area contributed by atoms with Crippen molar-refractivity contribution in [3.8, 4) is 6.07 Å². The number of sulfonamides is 1. The van der Waals surface area contributed by atoms with E-state index in [0.29, 0.717) is 25.9 Å². The monoisotopic (exact) mass is 495 g/mol. The Morgan fingerprint density at radius 3 is 2.31 bits per heavy atom. The van der Waals surface area contributed by atoms with E-state index in [2.05, 4.69) is 10.9 Å². The third-order valence-electron chi connectivity index (χ3n) is 6.94. The van der Waals surface area contributed by atoms with Crippen LogP contribution < -0.4 is 10.6 Å². The van der Waals surface area contributed by atoms with Crippen LogP contribution in [0.5, 0.6) is 0 Å². The second-order valence-corrected chi connectivity index (χ2v) is 11.5. The maximum atomic E-state index is 12.8. The van der Waals surface area contributed by atoms with Crippen molar-refractivity contribution in [2.24, 2.45) is 5.73 Å². The number of rotatable bonds is 5. The summed E-state index contributed by atoms with van der Waals surface area (Å²) >= 11 is 0. The third kappa shape index (κ3) is 6.83. The summed E-state index contributed by atoms with van der Waals surface area (Å²) in [5.74, 6) is 0.0258. The Labute approximate surface area is 208 Å². The molecule has 0 aromatic heterocycles. The van der Waals surface area contributed by atoms with Crippen LogP contribution in [0.1, 0.15) is 62.5 Å². The standard InChI is InChI=1S/C27H34N4O3S/c28-27(32)31(25-12-6-1-2-7-13-25)26-14-8-11-23(19-26)20-29-24-15-17-30(18-16-24)35(33,34)21-22-9-4-3-5-10-22/h3-5,8-11,14,19,24-25H,1-2,6-7,12-13,15-18,21H2,(H-,28,32)/p+1. The van der Waals surface area contributed by atoms with Gasteiger partial charge in [0.1, 0.15) is 5.56 Å². The third-order valence-corrected chi connectivity index (χ3v) is 8.79. The van der Waals surface area contributed by atoms with Gasteiger partial charge >= 0.3 is 12.1 Å². The van der Waals surface area contributed by atoms with Crippen molar-refractivity contribution in [1.82, 2.24) is 4.31 Å². The van der Waals surface area contributed by atoms with E-state index in [0.717, 1.165) is 42.5 Å². The molecular weight excluding hydrogens is 460 g/mol. The molecule has 2 aromatic carbocycles. The Morgan fingerprint density at radius 1 is 0.971 bits per heavy atom. The van der Waals surface area contributed by atoms with Crippen molar-refractivity contribution >= 4 is 21.7 Å². The van der Waals surface area contributed by atoms with Crippen LogP contribution in [-0.2, 0) is 15.8 Å². The molecule has 1 saturated heterocycles. The predicted molar refractivity (Wildman–Crippen MR) is 140 cm³/mol. The van der Waals surface area contributed by atoms with Crippen molar-refractivity contribution in [3.63, 3.8) is 0 Å². The van der Waals surface area contributed by atoms with Gasteiger partial charge in [-0.15, -0.1) is 0 Å². The Kier molecular flexibility index (Phi) is 8.42. The lowest BCUT2D eigenvalue weighted by Crippen LogP contribution is -2.43. The molecule has 0 spiro atoms. The molecule has 35 heavy (non-hydrogen) atoms. The zero-order chi connectivity index (χ0) is 24.7. The summed E-state index contributed by atoms with van der Waals surface area (Å²) < 4.78 is 27.1. The topological polar surface area (TPSA) is 88.1 Å². The van der Waals surface area contributed by atoms with Crippen LogP contribution in [-0.4, -0.2) is 43.9 Å². The van der Waals surface area contributed by atoms with E-state index in [1.807, 2.05) is 54.6 Å². The predicted octanol–water partition coefficient (Wildman–Crippen LogP) is 4.97. The van der Waals surface area contributed by atoms with Crippen molar-refractivity contribution < 1.29 is 13.2 Å². The van der Waals surface area contributed by atoms with Crippen LogP contribution >= 0.6 is 0 Å². The van der Waals surface area contributed by atoms with Gasteiger partial charge in [0, 0.05) is 37.7 Å². The van der Waals surface area contributed by atoms with Crippen LogP contribution in [0.25, 0.3) is 4.85 Å². The smallest absolute Gasteiger partial charge is 0.319 e. The number of urea groups is 1. The molecule has 1 aliphatic carbocycles. The number of hydrogen-bond acceptors (Lipinski definition) is 3. The average molecular weight is 496 g/mol. The summed E-state index contributed by atoms with van der Waals surface area (Å²) in [5, 5.41) is 0. The first-order valence-corrected chi connectivity index (χ1v) is 14.2. The molecule has 0 radical (unpaired) electrons. The van der Waals surface area contributed by atoms with Gasteiger partial charge in [-0.25, -0.2) is 17.5 Å². The SMILES string of the molecule is NC(=O)N(c1cccc(C#[N+]C2CCN(S(=O)(=O)Cc3ccccc3)CC2)c1)C1CCCCCC1. The van der Waals surface area contributed by atoms with Crippen molar-refractivity contribution in [1.29, 1.82) is 0 Å². The molecule has 7 nitrogen and oxygen atoms in total. The van der Waals surface area contributed by atoms with Crippen molar-refractivity contribution in [3.05, 3.63) is 70.6 Å². The minimum atomic E-state index is -3.34. The van der Waals surface area contributed by atoms with Crippen LogP contribution in [0.4, 0.5) is 10.5 Å². The lowest BCUT2D eigenvalue weighted by Gasteiger charge is -2.29. The fourth-order valence-corrected chi connectivity index (χ4v) is 6.61. The number of piperidine rings is 1. The van der Waals surface area contributed by atoms with Crippen LogP contribution in [0, 0.1) is 6.07 Å². The largest absolute Gasteiger partial charge is 0.351 e. The minimum absolute atomic E-state index is 0.0240. The second-order valence-electron chi connectivity index (χ2n) is 9.52. The quantitative estimate of drug-likeness (QED) is 0.594. The highest BCUT2D eigenvalue weighted by atomic mass is 32.2. The summed E-state index contributed by atoms with van der Waals surface area (Å²) in [6.45, 7) is 0.921. The Balaban J connectivity index is 1.38. The first-order chi connectivity index (χ1) is 16.9. The second kappa shape index (κ2) is 11.7. The molecule has 1 saturated carbocycles. The number of amides is 2. The Bertz CT molecular complexity index is 1160. The molecule has 2 N–H and O–H groups in total. The average Bonchev–Trinajstić information content (AvgIpc) is 3.13. The van der Waals surface area contributed by atoms with E-state index in [1.165, 1.54) is 12.8 Å². The maximum absolute atomic E-state index is 12.8. The molecule has 2 aliphatic rings. The minimum Gasteiger partial charge on any atom is -0.351 e. The summed E-state index contributed by atoms with van der Waals surface area (Å²) in [5.41, 5.74) is 8.16. The van der Waals surface area contributed by atoms with Crippen molar-refractivity contribution in [2.45, 2.75) is 69.2 Å². The summed E-state index contributed by atoms with van der Waals surface area (Å²) in [4.78, 5) is 18.7. The van der Waals surface area contributed by atoms with E-state index in [-0.39, 0.29) is 17.8 Å². The van der Waals surface area contributed by atoms with Gasteiger partial charge in [0.15, 0.2) is 0 Å². The zero-order valence-corrected chi connectivity index (χ0v) is 21.0. The molecule has 0 atom stereocenters. The van der Waals surface area contributed by atoms with Gasteiger partial charge in [-0.2, -0.15) is 0 Å². The highest BCUT2D eigenvalue weighted by molar-refractivity contribution is 7.88. The molecule has 1 aliphatic heterocycles. The molecule has 2 aromatic rings. The van der Waals surface area contributed by atoms with Gasteiger partial charge in [-0.1, -0.05) is 66.9 Å². The highest BCUT2D eigenvalue weighted by Crippen LogP contribution is 2.27. The first-order valence-electron chi connectivity index (χ1n) is 12.6. The summed E-state index contributed by atoms with van der Waals surface area (Å²) in [6, 6.07) is 19.8. The zero-order valence-electron chi connectivity index (χ0n) is 20.2. The van der Waals surface area contributed by atoms with Gasteiger partial charge in [-0.05, 0) is 36.6 Å². The number of carbonyl (C=O) groups excluding carboxylic acids is 1. The van der Waals surface area contributed by atoms with Gasteiger partial charge in [0.05, 0.1) is 5.75 Å². The van der Waals surface area contributed by atoms with E-state index in [1.54, 1.807) is 9.21 Å². The number of anilines is 1. The number of hydrogen-bond donors (Lipinski definition) is 1. The fraction of sp³-hybridized carbons (Fsp3) is 0.481.